The quantitative estimate of drug-likeness (QED) is 0.862. The molecule has 1 aliphatic rings. The van der Waals surface area contributed by atoms with Crippen molar-refractivity contribution in [1.82, 2.24) is 4.90 Å². The van der Waals surface area contributed by atoms with Gasteiger partial charge in [-0.05, 0) is 36.5 Å². The van der Waals surface area contributed by atoms with Gasteiger partial charge in [0.05, 0.1) is 13.7 Å². The van der Waals surface area contributed by atoms with Gasteiger partial charge in [-0.1, -0.05) is 19.9 Å². The first kappa shape index (κ1) is 20.2. The molecule has 132 valence electrons. The summed E-state index contributed by atoms with van der Waals surface area (Å²) in [5, 5.41) is 0. The van der Waals surface area contributed by atoms with E-state index in [0.29, 0.717) is 19.3 Å². The Morgan fingerprint density at radius 3 is 2.70 bits per heavy atom. The predicted molar refractivity (Wildman–Crippen MR) is 97.2 cm³/mol. The first-order valence-corrected chi connectivity index (χ1v) is 8.17. The molecule has 1 saturated heterocycles. The van der Waals surface area contributed by atoms with Crippen LogP contribution in [0.1, 0.15) is 38.3 Å². The van der Waals surface area contributed by atoms with Gasteiger partial charge in [-0.3, -0.25) is 4.90 Å². The van der Waals surface area contributed by atoms with Gasteiger partial charge in [0.1, 0.15) is 5.75 Å². The number of piperidine rings is 1. The number of halogens is 1. The molecule has 0 aromatic heterocycles. The molecule has 1 unspecified atom stereocenters. The summed E-state index contributed by atoms with van der Waals surface area (Å²) in [5.74, 6) is 0.901. The van der Waals surface area contributed by atoms with Gasteiger partial charge in [0.25, 0.3) is 0 Å². The minimum absolute atomic E-state index is 0. The van der Waals surface area contributed by atoms with Crippen LogP contribution < -0.4 is 10.5 Å². The minimum atomic E-state index is 0. The van der Waals surface area contributed by atoms with E-state index in [1.807, 2.05) is 13.0 Å². The fraction of sp³-hybridized carbons (Fsp3) is 0.667. The van der Waals surface area contributed by atoms with Crippen molar-refractivity contribution in [3.05, 3.63) is 29.3 Å². The first-order chi connectivity index (χ1) is 10.5. The summed E-state index contributed by atoms with van der Waals surface area (Å²) >= 11 is 0. The predicted octanol–water partition coefficient (Wildman–Crippen LogP) is 3.21. The molecule has 1 atom stereocenters. The highest BCUT2D eigenvalue weighted by molar-refractivity contribution is 5.85. The Morgan fingerprint density at radius 1 is 1.35 bits per heavy atom. The summed E-state index contributed by atoms with van der Waals surface area (Å²) in [6.07, 6.45) is 1.06. The molecule has 2 N–H and O–H groups in total. The number of nitrogens with two attached hydrogens (primary N) is 1. The van der Waals surface area contributed by atoms with Gasteiger partial charge in [0.2, 0.25) is 0 Å². The maximum atomic E-state index is 6.23. The number of benzene rings is 1. The van der Waals surface area contributed by atoms with Crippen LogP contribution in [0.2, 0.25) is 0 Å². The largest absolute Gasteiger partial charge is 0.496 e. The van der Waals surface area contributed by atoms with Crippen LogP contribution in [-0.2, 0) is 17.9 Å². The second-order valence-corrected chi connectivity index (χ2v) is 6.88. The molecular formula is C18H31ClN2O2. The van der Waals surface area contributed by atoms with Crippen molar-refractivity contribution in [3.8, 4) is 5.75 Å². The van der Waals surface area contributed by atoms with Crippen molar-refractivity contribution in [2.75, 3.05) is 26.8 Å². The standard InChI is InChI=1S/C18H30N2O2.ClH/c1-5-22-12-15-10-14(6-7-16(15)21-4)11-20-9-8-17(19)18(2,3)13-20;/h6-7,10,17H,5,8-9,11-13,19H2,1-4H3;1H. The maximum absolute atomic E-state index is 6.23. The molecule has 0 spiro atoms. The van der Waals surface area contributed by atoms with Gasteiger partial charge in [-0.2, -0.15) is 0 Å². The van der Waals surface area contributed by atoms with Gasteiger partial charge >= 0.3 is 0 Å². The molecule has 0 aliphatic carbocycles. The number of hydrogen-bond donors (Lipinski definition) is 1. The summed E-state index contributed by atoms with van der Waals surface area (Å²) in [6, 6.07) is 6.70. The normalized spacial score (nSPS) is 20.8. The molecule has 4 nitrogen and oxygen atoms in total. The highest BCUT2D eigenvalue weighted by atomic mass is 35.5. The zero-order valence-corrected chi connectivity index (χ0v) is 15.6. The van der Waals surface area contributed by atoms with Crippen molar-refractivity contribution in [2.45, 2.75) is 46.4 Å². The van der Waals surface area contributed by atoms with Gasteiger partial charge in [-0.15, -0.1) is 12.4 Å². The van der Waals surface area contributed by atoms with Crippen molar-refractivity contribution in [1.29, 1.82) is 0 Å². The number of methoxy groups -OCH3 is 1. The topological polar surface area (TPSA) is 47.7 Å². The molecule has 1 aliphatic heterocycles. The summed E-state index contributed by atoms with van der Waals surface area (Å²) in [6.45, 7) is 10.9. The van der Waals surface area contributed by atoms with Crippen molar-refractivity contribution in [2.24, 2.45) is 11.1 Å². The molecule has 1 fully saturated rings. The SMILES string of the molecule is CCOCc1cc(CN2CCC(N)C(C)(C)C2)ccc1OC.Cl. The number of hydrogen-bond acceptors (Lipinski definition) is 4. The van der Waals surface area contributed by atoms with Crippen LogP contribution in [-0.4, -0.2) is 37.7 Å². The van der Waals surface area contributed by atoms with E-state index in [9.17, 15) is 0 Å². The highest BCUT2D eigenvalue weighted by Gasteiger charge is 2.33. The molecule has 0 bridgehead atoms. The molecular weight excluding hydrogens is 312 g/mol. The molecule has 1 aromatic carbocycles. The average Bonchev–Trinajstić information content (AvgIpc) is 2.49. The summed E-state index contributed by atoms with van der Waals surface area (Å²) < 4.78 is 11.0. The molecule has 23 heavy (non-hydrogen) atoms. The fourth-order valence-electron chi connectivity index (χ4n) is 3.13. The number of nitrogens with zero attached hydrogens (tertiary/aromatic N) is 1. The summed E-state index contributed by atoms with van der Waals surface area (Å²) in [5.41, 5.74) is 8.83. The number of rotatable bonds is 6. The second kappa shape index (κ2) is 8.88. The molecule has 1 heterocycles. The van der Waals surface area contributed by atoms with E-state index in [4.69, 9.17) is 15.2 Å². The highest BCUT2D eigenvalue weighted by Crippen LogP contribution is 2.29. The number of ether oxygens (including phenoxy) is 2. The maximum Gasteiger partial charge on any atom is 0.124 e. The van der Waals surface area contributed by atoms with Gasteiger partial charge < -0.3 is 15.2 Å². The molecule has 2 rings (SSSR count). The Labute approximate surface area is 146 Å². The van der Waals surface area contributed by atoms with Crippen molar-refractivity contribution >= 4 is 12.4 Å². The van der Waals surface area contributed by atoms with E-state index in [1.54, 1.807) is 7.11 Å². The number of likely N-dealkylation sites (tertiary alicyclic amines) is 1. The van der Waals surface area contributed by atoms with Crippen LogP contribution in [0, 0.1) is 5.41 Å². The van der Waals surface area contributed by atoms with Crippen LogP contribution in [0.15, 0.2) is 18.2 Å². The third-order valence-electron chi connectivity index (χ3n) is 4.60. The van der Waals surface area contributed by atoms with Crippen LogP contribution in [0.3, 0.4) is 0 Å². The Balaban J connectivity index is 0.00000264. The summed E-state index contributed by atoms with van der Waals surface area (Å²) in [4.78, 5) is 2.50. The van der Waals surface area contributed by atoms with Gasteiger partial charge in [0, 0.05) is 37.8 Å². The van der Waals surface area contributed by atoms with Gasteiger partial charge in [0.15, 0.2) is 0 Å². The molecule has 0 radical (unpaired) electrons. The smallest absolute Gasteiger partial charge is 0.124 e. The lowest BCUT2D eigenvalue weighted by Gasteiger charge is -2.42. The van der Waals surface area contributed by atoms with Crippen LogP contribution >= 0.6 is 12.4 Å². The minimum Gasteiger partial charge on any atom is -0.496 e. The van der Waals surface area contributed by atoms with E-state index >= 15 is 0 Å². The van der Waals surface area contributed by atoms with Crippen LogP contribution in [0.5, 0.6) is 5.75 Å². The molecule has 5 heteroatoms. The lowest BCUT2D eigenvalue weighted by molar-refractivity contribution is 0.0897. The van der Waals surface area contributed by atoms with E-state index in [2.05, 4.69) is 30.9 Å². The van der Waals surface area contributed by atoms with Crippen molar-refractivity contribution in [3.63, 3.8) is 0 Å². The fourth-order valence-corrected chi connectivity index (χ4v) is 3.13. The average molecular weight is 343 g/mol. The van der Waals surface area contributed by atoms with Gasteiger partial charge in [-0.25, -0.2) is 0 Å². The van der Waals surface area contributed by atoms with E-state index in [0.717, 1.165) is 37.4 Å². The Hall–Kier alpha value is -0.810. The monoisotopic (exact) mass is 342 g/mol. The lowest BCUT2D eigenvalue weighted by Crippen LogP contribution is -2.52. The third kappa shape index (κ3) is 5.35. The van der Waals surface area contributed by atoms with Crippen molar-refractivity contribution < 1.29 is 9.47 Å². The lowest BCUT2D eigenvalue weighted by atomic mass is 9.79. The van der Waals surface area contributed by atoms with E-state index in [-0.39, 0.29) is 17.8 Å². The molecule has 0 amide bonds. The Kier molecular flexibility index (Phi) is 7.81. The molecule has 1 aromatic rings. The third-order valence-corrected chi connectivity index (χ3v) is 4.60. The molecule has 0 saturated carbocycles. The summed E-state index contributed by atoms with van der Waals surface area (Å²) in [7, 11) is 1.71. The zero-order valence-electron chi connectivity index (χ0n) is 14.8. The zero-order chi connectivity index (χ0) is 16.2. The van der Waals surface area contributed by atoms with Crippen LogP contribution in [0.25, 0.3) is 0 Å². The van der Waals surface area contributed by atoms with Crippen LogP contribution in [0.4, 0.5) is 0 Å². The Bertz CT molecular complexity index is 494. The van der Waals surface area contributed by atoms with E-state index < -0.39 is 0 Å². The second-order valence-electron chi connectivity index (χ2n) is 6.88. The Morgan fingerprint density at radius 2 is 2.09 bits per heavy atom. The first-order valence-electron chi connectivity index (χ1n) is 8.17. The van der Waals surface area contributed by atoms with E-state index in [1.165, 1.54) is 5.56 Å².